The van der Waals surface area contributed by atoms with Crippen LogP contribution in [0.25, 0.3) is 10.9 Å². The molecule has 1 aromatic heterocycles. The first-order valence-electron chi connectivity index (χ1n) is 7.04. The van der Waals surface area contributed by atoms with Crippen LogP contribution in [-0.4, -0.2) is 23.3 Å². The van der Waals surface area contributed by atoms with E-state index in [1.165, 1.54) is 0 Å². The number of aromatic nitrogens is 1. The Bertz CT molecular complexity index is 667. The third-order valence-electron chi connectivity index (χ3n) is 3.91. The van der Waals surface area contributed by atoms with Gasteiger partial charge in [0.15, 0.2) is 5.78 Å². The number of benzene rings is 1. The highest BCUT2D eigenvalue weighted by Crippen LogP contribution is 2.34. The Balaban J connectivity index is 2.12. The second-order valence-electron chi connectivity index (χ2n) is 5.13. The zero-order valence-electron chi connectivity index (χ0n) is 11.4. The molecule has 4 heteroatoms. The number of ketones is 1. The van der Waals surface area contributed by atoms with Gasteiger partial charge >= 0.3 is 5.97 Å². The Kier molecular flexibility index (Phi) is 3.30. The Morgan fingerprint density at radius 3 is 2.70 bits per heavy atom. The summed E-state index contributed by atoms with van der Waals surface area (Å²) in [4.78, 5) is 27.7. The molecule has 0 radical (unpaired) electrons. The maximum atomic E-state index is 12.6. The van der Waals surface area contributed by atoms with Gasteiger partial charge in [-0.3, -0.25) is 4.79 Å². The Morgan fingerprint density at radius 1 is 1.30 bits per heavy atom. The molecule has 0 saturated heterocycles. The van der Waals surface area contributed by atoms with E-state index in [-0.39, 0.29) is 11.7 Å². The number of ether oxygens (including phenoxy) is 1. The van der Waals surface area contributed by atoms with Gasteiger partial charge in [0.2, 0.25) is 0 Å². The molecule has 104 valence electrons. The summed E-state index contributed by atoms with van der Waals surface area (Å²) < 4.78 is 5.06. The first-order valence-corrected chi connectivity index (χ1v) is 7.04. The van der Waals surface area contributed by atoms with Crippen molar-refractivity contribution in [2.75, 3.05) is 6.61 Å². The van der Waals surface area contributed by atoms with Crippen LogP contribution in [0.4, 0.5) is 0 Å². The van der Waals surface area contributed by atoms with Gasteiger partial charge in [-0.05, 0) is 25.8 Å². The second-order valence-corrected chi connectivity index (χ2v) is 5.13. The molecule has 1 aliphatic carbocycles. The van der Waals surface area contributed by atoms with Gasteiger partial charge in [0.05, 0.1) is 12.2 Å². The fraction of sp³-hybridized carbons (Fsp3) is 0.375. The molecule has 0 bridgehead atoms. The van der Waals surface area contributed by atoms with Gasteiger partial charge in [0.25, 0.3) is 0 Å². The molecule has 1 fully saturated rings. The van der Waals surface area contributed by atoms with Crippen LogP contribution in [0.1, 0.15) is 47.0 Å². The van der Waals surface area contributed by atoms with Crippen molar-refractivity contribution in [1.82, 2.24) is 4.98 Å². The molecular formula is C16H17NO3. The summed E-state index contributed by atoms with van der Waals surface area (Å²) >= 11 is 0. The number of nitrogens with one attached hydrogen (secondary N) is 1. The molecular weight excluding hydrogens is 254 g/mol. The third kappa shape index (κ3) is 2.01. The van der Waals surface area contributed by atoms with Crippen molar-refractivity contribution in [3.8, 4) is 0 Å². The number of esters is 1. The zero-order valence-corrected chi connectivity index (χ0v) is 11.4. The molecule has 1 aromatic carbocycles. The summed E-state index contributed by atoms with van der Waals surface area (Å²) in [5.41, 5.74) is 1.60. The van der Waals surface area contributed by atoms with E-state index < -0.39 is 5.97 Å². The standard InChI is InChI=1S/C16H17NO3/c1-2-20-16(19)14-13(15(18)10-6-5-7-10)11-8-3-4-9-12(11)17-14/h3-4,8-10,17H,2,5-7H2,1H3. The molecule has 2 aromatic rings. The van der Waals surface area contributed by atoms with Crippen LogP contribution in [-0.2, 0) is 4.74 Å². The first kappa shape index (κ1) is 12.9. The quantitative estimate of drug-likeness (QED) is 0.685. The number of para-hydroxylation sites is 1. The Hall–Kier alpha value is -2.10. The van der Waals surface area contributed by atoms with Gasteiger partial charge in [-0.15, -0.1) is 0 Å². The summed E-state index contributed by atoms with van der Waals surface area (Å²) in [5.74, 6) is -0.328. The van der Waals surface area contributed by atoms with Crippen LogP contribution >= 0.6 is 0 Å². The van der Waals surface area contributed by atoms with Crippen LogP contribution in [0.5, 0.6) is 0 Å². The first-order chi connectivity index (χ1) is 9.72. The van der Waals surface area contributed by atoms with Gasteiger partial charge in [0.1, 0.15) is 5.69 Å². The summed E-state index contributed by atoms with van der Waals surface area (Å²) in [6, 6.07) is 7.50. The lowest BCUT2D eigenvalue weighted by Crippen LogP contribution is -2.24. The topological polar surface area (TPSA) is 59.2 Å². The van der Waals surface area contributed by atoms with Crippen molar-refractivity contribution < 1.29 is 14.3 Å². The highest BCUT2D eigenvalue weighted by atomic mass is 16.5. The molecule has 1 saturated carbocycles. The number of carbonyl (C=O) groups is 2. The molecule has 3 rings (SSSR count). The minimum absolute atomic E-state index is 0.0578. The molecule has 0 spiro atoms. The van der Waals surface area contributed by atoms with Crippen LogP contribution in [0, 0.1) is 5.92 Å². The van der Waals surface area contributed by atoms with Crippen molar-refractivity contribution in [2.45, 2.75) is 26.2 Å². The Labute approximate surface area is 117 Å². The van der Waals surface area contributed by atoms with E-state index >= 15 is 0 Å². The monoisotopic (exact) mass is 271 g/mol. The van der Waals surface area contributed by atoms with Crippen molar-refractivity contribution in [3.63, 3.8) is 0 Å². The van der Waals surface area contributed by atoms with Crippen LogP contribution in [0.15, 0.2) is 24.3 Å². The molecule has 20 heavy (non-hydrogen) atoms. The molecule has 4 nitrogen and oxygen atoms in total. The van der Waals surface area contributed by atoms with Crippen LogP contribution in [0.3, 0.4) is 0 Å². The average molecular weight is 271 g/mol. The molecule has 0 unspecified atom stereocenters. The predicted octanol–water partition coefficient (Wildman–Crippen LogP) is 3.33. The van der Waals surface area contributed by atoms with Gasteiger partial charge in [-0.1, -0.05) is 24.6 Å². The highest BCUT2D eigenvalue weighted by Gasteiger charge is 2.32. The van der Waals surface area contributed by atoms with E-state index in [2.05, 4.69) is 4.98 Å². The van der Waals surface area contributed by atoms with E-state index in [1.807, 2.05) is 24.3 Å². The van der Waals surface area contributed by atoms with E-state index in [0.717, 1.165) is 30.2 Å². The molecule has 0 atom stereocenters. The zero-order chi connectivity index (χ0) is 14.1. The van der Waals surface area contributed by atoms with Crippen molar-refractivity contribution in [2.24, 2.45) is 5.92 Å². The fourth-order valence-corrected chi connectivity index (χ4v) is 2.63. The number of rotatable bonds is 4. The lowest BCUT2D eigenvalue weighted by molar-refractivity contribution is 0.0515. The summed E-state index contributed by atoms with van der Waals surface area (Å²) in [6.45, 7) is 2.05. The number of hydrogen-bond acceptors (Lipinski definition) is 3. The fourth-order valence-electron chi connectivity index (χ4n) is 2.63. The number of aromatic amines is 1. The number of H-pyrrole nitrogens is 1. The smallest absolute Gasteiger partial charge is 0.355 e. The number of fused-ring (bicyclic) bond motifs is 1. The van der Waals surface area contributed by atoms with E-state index in [0.29, 0.717) is 17.9 Å². The lowest BCUT2D eigenvalue weighted by atomic mass is 9.79. The molecule has 1 heterocycles. The third-order valence-corrected chi connectivity index (χ3v) is 3.91. The molecule has 0 aliphatic heterocycles. The summed E-state index contributed by atoms with van der Waals surface area (Å²) in [7, 11) is 0. The summed E-state index contributed by atoms with van der Waals surface area (Å²) in [6.07, 6.45) is 2.93. The van der Waals surface area contributed by atoms with E-state index in [9.17, 15) is 9.59 Å². The number of hydrogen-bond donors (Lipinski definition) is 1. The van der Waals surface area contributed by atoms with Crippen LogP contribution < -0.4 is 0 Å². The highest BCUT2D eigenvalue weighted by molar-refractivity contribution is 6.16. The largest absolute Gasteiger partial charge is 0.461 e. The molecule has 1 aliphatic rings. The van der Waals surface area contributed by atoms with Gasteiger partial charge in [0, 0.05) is 16.8 Å². The van der Waals surface area contributed by atoms with Crippen molar-refractivity contribution >= 4 is 22.7 Å². The second kappa shape index (κ2) is 5.12. The predicted molar refractivity (Wildman–Crippen MR) is 75.9 cm³/mol. The van der Waals surface area contributed by atoms with Crippen LogP contribution in [0.2, 0.25) is 0 Å². The normalized spacial score (nSPS) is 15.1. The number of Topliss-reactive ketones (excluding diaryl/α,β-unsaturated/α-hetero) is 1. The Morgan fingerprint density at radius 2 is 2.05 bits per heavy atom. The van der Waals surface area contributed by atoms with Gasteiger partial charge in [-0.2, -0.15) is 0 Å². The minimum Gasteiger partial charge on any atom is -0.461 e. The van der Waals surface area contributed by atoms with Gasteiger partial charge < -0.3 is 9.72 Å². The van der Waals surface area contributed by atoms with E-state index in [4.69, 9.17) is 4.74 Å². The van der Waals surface area contributed by atoms with Crippen molar-refractivity contribution in [1.29, 1.82) is 0 Å². The van der Waals surface area contributed by atoms with Crippen molar-refractivity contribution in [3.05, 3.63) is 35.5 Å². The minimum atomic E-state index is -0.452. The van der Waals surface area contributed by atoms with E-state index in [1.54, 1.807) is 6.92 Å². The average Bonchev–Trinajstić information content (AvgIpc) is 2.76. The SMILES string of the molecule is CCOC(=O)c1[nH]c2ccccc2c1C(=O)C1CCC1. The number of carbonyl (C=O) groups excluding carboxylic acids is 2. The maximum absolute atomic E-state index is 12.6. The summed E-state index contributed by atoms with van der Waals surface area (Å²) in [5, 5.41) is 0.812. The molecule has 0 amide bonds. The molecule has 1 N–H and O–H groups in total. The lowest BCUT2D eigenvalue weighted by Gasteiger charge is -2.23. The van der Waals surface area contributed by atoms with Gasteiger partial charge in [-0.25, -0.2) is 4.79 Å². The maximum Gasteiger partial charge on any atom is 0.355 e.